The van der Waals surface area contributed by atoms with Gasteiger partial charge in [-0.15, -0.1) is 0 Å². The summed E-state index contributed by atoms with van der Waals surface area (Å²) in [7, 11) is 1.70. The maximum atomic E-state index is 12.8. The number of likely N-dealkylation sites (N-methyl/N-ethyl adjacent to an activating group) is 1. The molecular weight excluding hydrogens is 308 g/mol. The zero-order valence-corrected chi connectivity index (χ0v) is 13.6. The first-order chi connectivity index (χ1) is 11.6. The summed E-state index contributed by atoms with van der Waals surface area (Å²) in [5.74, 6) is 0.369. The maximum Gasteiger partial charge on any atom is 0.249 e. The minimum atomic E-state index is -0.619. The van der Waals surface area contributed by atoms with E-state index >= 15 is 0 Å². The van der Waals surface area contributed by atoms with Gasteiger partial charge in [-0.1, -0.05) is 30.3 Å². The maximum absolute atomic E-state index is 12.8. The Labute approximate surface area is 140 Å². The Morgan fingerprint density at radius 2 is 2.04 bits per heavy atom. The standard InChI is InChI=1S/C18H20N2O4/c1-19(11-15-8-5-9-24-15)18(22)16-12-23-13-17(21)20(16)10-14-6-3-2-4-7-14/h2-9,16H,10-13H2,1H3. The first-order valence-corrected chi connectivity index (χ1v) is 7.83. The van der Waals surface area contributed by atoms with Gasteiger partial charge in [-0.05, 0) is 17.7 Å². The molecule has 1 unspecified atom stereocenters. The highest BCUT2D eigenvalue weighted by Gasteiger charge is 2.35. The number of carbonyl (C=O) groups is 2. The highest BCUT2D eigenvalue weighted by atomic mass is 16.5. The minimum absolute atomic E-state index is 0.0124. The second-order valence-corrected chi connectivity index (χ2v) is 5.81. The fourth-order valence-electron chi connectivity index (χ4n) is 2.76. The Morgan fingerprint density at radius 3 is 2.75 bits per heavy atom. The number of furan rings is 1. The third kappa shape index (κ3) is 3.65. The van der Waals surface area contributed by atoms with Gasteiger partial charge in [0.2, 0.25) is 11.8 Å². The van der Waals surface area contributed by atoms with Crippen LogP contribution >= 0.6 is 0 Å². The number of carbonyl (C=O) groups excluding carboxylic acids is 2. The van der Waals surface area contributed by atoms with Gasteiger partial charge in [0, 0.05) is 13.6 Å². The molecule has 126 valence electrons. The van der Waals surface area contributed by atoms with Gasteiger partial charge in [-0.25, -0.2) is 0 Å². The van der Waals surface area contributed by atoms with E-state index in [1.807, 2.05) is 36.4 Å². The smallest absolute Gasteiger partial charge is 0.249 e. The fraction of sp³-hybridized carbons (Fsp3) is 0.333. The highest BCUT2D eigenvalue weighted by Crippen LogP contribution is 2.16. The van der Waals surface area contributed by atoms with Crippen LogP contribution in [0.15, 0.2) is 53.1 Å². The highest BCUT2D eigenvalue weighted by molar-refractivity contribution is 5.89. The Hall–Kier alpha value is -2.60. The number of hydrogen-bond donors (Lipinski definition) is 0. The second-order valence-electron chi connectivity index (χ2n) is 5.81. The van der Waals surface area contributed by atoms with E-state index in [1.54, 1.807) is 29.2 Å². The predicted molar refractivity (Wildman–Crippen MR) is 86.8 cm³/mol. The molecule has 6 nitrogen and oxygen atoms in total. The molecule has 2 heterocycles. The van der Waals surface area contributed by atoms with Crippen LogP contribution in [0.25, 0.3) is 0 Å². The predicted octanol–water partition coefficient (Wildman–Crippen LogP) is 1.67. The van der Waals surface area contributed by atoms with E-state index in [2.05, 4.69) is 0 Å². The van der Waals surface area contributed by atoms with Gasteiger partial charge in [0.15, 0.2) is 0 Å². The quantitative estimate of drug-likeness (QED) is 0.837. The van der Waals surface area contributed by atoms with Crippen LogP contribution in [0.2, 0.25) is 0 Å². The second kappa shape index (κ2) is 7.31. The third-order valence-electron chi connectivity index (χ3n) is 4.03. The van der Waals surface area contributed by atoms with Crippen LogP contribution in [0.1, 0.15) is 11.3 Å². The average Bonchev–Trinajstić information content (AvgIpc) is 3.10. The van der Waals surface area contributed by atoms with E-state index in [9.17, 15) is 9.59 Å². The fourth-order valence-corrected chi connectivity index (χ4v) is 2.76. The van der Waals surface area contributed by atoms with Gasteiger partial charge in [-0.3, -0.25) is 9.59 Å². The summed E-state index contributed by atoms with van der Waals surface area (Å²) in [4.78, 5) is 28.2. The van der Waals surface area contributed by atoms with Gasteiger partial charge in [0.1, 0.15) is 18.4 Å². The lowest BCUT2D eigenvalue weighted by Crippen LogP contribution is -2.56. The van der Waals surface area contributed by atoms with E-state index in [-0.39, 0.29) is 25.0 Å². The van der Waals surface area contributed by atoms with E-state index < -0.39 is 6.04 Å². The number of ether oxygens (including phenoxy) is 1. The van der Waals surface area contributed by atoms with Gasteiger partial charge in [0.25, 0.3) is 0 Å². The Bertz CT molecular complexity index is 684. The van der Waals surface area contributed by atoms with Crippen LogP contribution in [0.4, 0.5) is 0 Å². The number of morpholine rings is 1. The summed E-state index contributed by atoms with van der Waals surface area (Å²) in [6, 6.07) is 12.6. The van der Waals surface area contributed by atoms with Crippen molar-refractivity contribution in [3.63, 3.8) is 0 Å². The van der Waals surface area contributed by atoms with E-state index in [4.69, 9.17) is 9.15 Å². The first-order valence-electron chi connectivity index (χ1n) is 7.83. The summed E-state index contributed by atoms with van der Waals surface area (Å²) in [5, 5.41) is 0. The van der Waals surface area contributed by atoms with Crippen LogP contribution in [0.5, 0.6) is 0 Å². The molecule has 1 aromatic carbocycles. The minimum Gasteiger partial charge on any atom is -0.467 e. The molecule has 0 bridgehead atoms. The molecule has 0 aliphatic carbocycles. The molecule has 0 spiro atoms. The molecule has 1 fully saturated rings. The van der Waals surface area contributed by atoms with Gasteiger partial charge >= 0.3 is 0 Å². The van der Waals surface area contributed by atoms with Crippen molar-refractivity contribution in [2.75, 3.05) is 20.3 Å². The first kappa shape index (κ1) is 16.3. The lowest BCUT2D eigenvalue weighted by molar-refractivity contribution is -0.159. The number of rotatable bonds is 5. The van der Waals surface area contributed by atoms with Crippen LogP contribution in [-0.2, 0) is 27.4 Å². The number of benzene rings is 1. The van der Waals surface area contributed by atoms with Crippen molar-refractivity contribution in [1.82, 2.24) is 9.80 Å². The van der Waals surface area contributed by atoms with E-state index in [1.165, 1.54) is 0 Å². The summed E-state index contributed by atoms with van der Waals surface area (Å²) >= 11 is 0. The Morgan fingerprint density at radius 1 is 1.25 bits per heavy atom. The monoisotopic (exact) mass is 328 g/mol. The normalized spacial score (nSPS) is 17.8. The van der Waals surface area contributed by atoms with Crippen LogP contribution < -0.4 is 0 Å². The van der Waals surface area contributed by atoms with Crippen molar-refractivity contribution in [2.45, 2.75) is 19.1 Å². The van der Waals surface area contributed by atoms with Gasteiger partial charge in [-0.2, -0.15) is 0 Å². The molecule has 0 N–H and O–H groups in total. The zero-order valence-electron chi connectivity index (χ0n) is 13.6. The van der Waals surface area contributed by atoms with E-state index in [0.717, 1.165) is 5.56 Å². The molecule has 1 aliphatic heterocycles. The molecule has 1 saturated heterocycles. The summed E-state index contributed by atoms with van der Waals surface area (Å²) in [6.07, 6.45) is 1.57. The zero-order chi connectivity index (χ0) is 16.9. The molecule has 2 aromatic rings. The molecule has 0 radical (unpaired) electrons. The Kier molecular flexibility index (Phi) is 4.96. The molecule has 24 heavy (non-hydrogen) atoms. The largest absolute Gasteiger partial charge is 0.467 e. The number of nitrogens with zero attached hydrogens (tertiary/aromatic N) is 2. The summed E-state index contributed by atoms with van der Waals surface area (Å²) in [6.45, 7) is 0.974. The van der Waals surface area contributed by atoms with Crippen LogP contribution in [0.3, 0.4) is 0 Å². The molecule has 3 rings (SSSR count). The van der Waals surface area contributed by atoms with Gasteiger partial charge < -0.3 is 19.0 Å². The molecular formula is C18H20N2O4. The third-order valence-corrected chi connectivity index (χ3v) is 4.03. The number of hydrogen-bond acceptors (Lipinski definition) is 4. The van der Waals surface area contributed by atoms with Gasteiger partial charge in [0.05, 0.1) is 19.4 Å². The number of amides is 2. The summed E-state index contributed by atoms with van der Waals surface area (Å²) < 4.78 is 10.6. The van der Waals surface area contributed by atoms with E-state index in [0.29, 0.717) is 18.8 Å². The van der Waals surface area contributed by atoms with Crippen molar-refractivity contribution < 1.29 is 18.7 Å². The molecule has 1 aliphatic rings. The molecule has 0 saturated carbocycles. The topological polar surface area (TPSA) is 63.0 Å². The molecule has 6 heteroatoms. The van der Waals surface area contributed by atoms with Crippen LogP contribution in [0, 0.1) is 0 Å². The van der Waals surface area contributed by atoms with Crippen molar-refractivity contribution in [2.24, 2.45) is 0 Å². The molecule has 2 amide bonds. The molecule has 1 atom stereocenters. The van der Waals surface area contributed by atoms with Crippen molar-refractivity contribution in [1.29, 1.82) is 0 Å². The average molecular weight is 328 g/mol. The SMILES string of the molecule is CN(Cc1ccco1)C(=O)C1COCC(=O)N1Cc1ccccc1. The lowest BCUT2D eigenvalue weighted by atomic mass is 10.1. The van der Waals surface area contributed by atoms with Crippen LogP contribution in [-0.4, -0.2) is 47.9 Å². The van der Waals surface area contributed by atoms with Crippen molar-refractivity contribution in [3.8, 4) is 0 Å². The van der Waals surface area contributed by atoms with Crippen molar-refractivity contribution in [3.05, 3.63) is 60.1 Å². The lowest BCUT2D eigenvalue weighted by Gasteiger charge is -2.36. The van der Waals surface area contributed by atoms with Crippen molar-refractivity contribution >= 4 is 11.8 Å². The Balaban J connectivity index is 1.73. The summed E-state index contributed by atoms with van der Waals surface area (Å²) in [5.41, 5.74) is 0.985. The molecule has 1 aromatic heterocycles.